The lowest BCUT2D eigenvalue weighted by Crippen LogP contribution is -2.27. The number of benzene rings is 1. The topological polar surface area (TPSA) is 58.0 Å². The zero-order valence-corrected chi connectivity index (χ0v) is 15.1. The van der Waals surface area contributed by atoms with Crippen molar-refractivity contribution in [1.82, 2.24) is 20.2 Å². The zero-order valence-electron chi connectivity index (χ0n) is 15.1. The lowest BCUT2D eigenvalue weighted by atomic mass is 10.1. The van der Waals surface area contributed by atoms with Crippen LogP contribution in [-0.2, 0) is 12.8 Å². The fourth-order valence-electron chi connectivity index (χ4n) is 3.42. The Hall–Kier alpha value is -3.02. The second-order valence-corrected chi connectivity index (χ2v) is 6.69. The summed E-state index contributed by atoms with van der Waals surface area (Å²) in [5.74, 6) is 1.50. The quantitative estimate of drug-likeness (QED) is 0.708. The molecule has 6 nitrogen and oxygen atoms in total. The van der Waals surface area contributed by atoms with Gasteiger partial charge in [-0.25, -0.2) is 0 Å². The molecule has 1 atom stereocenters. The molecule has 0 amide bonds. The first-order valence-corrected chi connectivity index (χ1v) is 8.89. The molecule has 0 bridgehead atoms. The standard InChI is InChI=1S/C20H22N6/c1-15-13-17-5-3-4-6-18(17)26(15)19-14-22-24-20(23-19)25(2)12-9-16-7-10-21-11-8-16/h3-8,10-11,14-15H,9,12-13H2,1-2H3. The maximum atomic E-state index is 4.78. The Bertz CT molecular complexity index is 882. The highest BCUT2D eigenvalue weighted by atomic mass is 15.3. The first kappa shape index (κ1) is 16.4. The summed E-state index contributed by atoms with van der Waals surface area (Å²) in [6.45, 7) is 3.04. The normalized spacial score (nSPS) is 15.8. The molecule has 0 radical (unpaired) electrons. The van der Waals surface area contributed by atoms with Crippen LogP contribution in [0.2, 0.25) is 0 Å². The van der Waals surface area contributed by atoms with Crippen molar-refractivity contribution in [3.05, 3.63) is 66.1 Å². The average Bonchev–Trinajstić information content (AvgIpc) is 3.02. The average molecular weight is 346 g/mol. The maximum absolute atomic E-state index is 4.78. The number of rotatable bonds is 5. The highest BCUT2D eigenvalue weighted by Crippen LogP contribution is 2.37. The third-order valence-corrected chi connectivity index (χ3v) is 4.82. The molecule has 0 aliphatic carbocycles. The number of anilines is 3. The molecule has 1 unspecified atom stereocenters. The molecule has 132 valence electrons. The Balaban J connectivity index is 1.53. The van der Waals surface area contributed by atoms with Crippen molar-refractivity contribution >= 4 is 17.5 Å². The van der Waals surface area contributed by atoms with Crippen molar-refractivity contribution in [3.63, 3.8) is 0 Å². The van der Waals surface area contributed by atoms with Gasteiger partial charge in [0.05, 0.1) is 6.20 Å². The van der Waals surface area contributed by atoms with E-state index in [1.807, 2.05) is 36.5 Å². The Morgan fingerprint density at radius 2 is 1.96 bits per heavy atom. The van der Waals surface area contributed by atoms with Gasteiger partial charge in [0, 0.05) is 37.7 Å². The highest BCUT2D eigenvalue weighted by Gasteiger charge is 2.28. The van der Waals surface area contributed by atoms with Crippen LogP contribution in [0.15, 0.2) is 55.0 Å². The van der Waals surface area contributed by atoms with Crippen molar-refractivity contribution in [2.45, 2.75) is 25.8 Å². The Labute approximate surface area is 153 Å². The second-order valence-electron chi connectivity index (χ2n) is 6.69. The van der Waals surface area contributed by atoms with Crippen LogP contribution in [0.5, 0.6) is 0 Å². The van der Waals surface area contributed by atoms with Gasteiger partial charge in [-0.1, -0.05) is 18.2 Å². The van der Waals surface area contributed by atoms with E-state index in [1.165, 1.54) is 16.8 Å². The number of hydrogen-bond donors (Lipinski definition) is 0. The van der Waals surface area contributed by atoms with Crippen LogP contribution in [0, 0.1) is 0 Å². The molecule has 26 heavy (non-hydrogen) atoms. The van der Waals surface area contributed by atoms with E-state index in [0.717, 1.165) is 25.2 Å². The number of aromatic nitrogens is 4. The predicted octanol–water partition coefficient (Wildman–Crippen LogP) is 3.03. The number of pyridine rings is 1. The van der Waals surface area contributed by atoms with Crippen molar-refractivity contribution in [3.8, 4) is 0 Å². The molecular weight excluding hydrogens is 324 g/mol. The van der Waals surface area contributed by atoms with Gasteiger partial charge in [0.15, 0.2) is 5.82 Å². The molecule has 6 heteroatoms. The minimum atomic E-state index is 0.360. The van der Waals surface area contributed by atoms with E-state index in [9.17, 15) is 0 Å². The van der Waals surface area contributed by atoms with E-state index in [-0.39, 0.29) is 0 Å². The Kier molecular flexibility index (Phi) is 4.48. The fraction of sp³-hybridized carbons (Fsp3) is 0.300. The molecule has 1 aliphatic rings. The van der Waals surface area contributed by atoms with Crippen LogP contribution in [-0.4, -0.2) is 39.8 Å². The van der Waals surface area contributed by atoms with Crippen molar-refractivity contribution in [1.29, 1.82) is 0 Å². The van der Waals surface area contributed by atoms with Gasteiger partial charge >= 0.3 is 0 Å². The fourth-order valence-corrected chi connectivity index (χ4v) is 3.42. The largest absolute Gasteiger partial charge is 0.342 e. The van der Waals surface area contributed by atoms with Crippen LogP contribution in [0.25, 0.3) is 0 Å². The van der Waals surface area contributed by atoms with Crippen LogP contribution in [0.4, 0.5) is 17.5 Å². The van der Waals surface area contributed by atoms with Crippen molar-refractivity contribution in [2.75, 3.05) is 23.4 Å². The summed E-state index contributed by atoms with van der Waals surface area (Å²) in [7, 11) is 2.00. The molecule has 1 aromatic carbocycles. The molecule has 3 heterocycles. The second kappa shape index (κ2) is 7.07. The summed E-state index contributed by atoms with van der Waals surface area (Å²) in [5, 5.41) is 8.44. The van der Waals surface area contributed by atoms with E-state index in [2.05, 4.69) is 51.3 Å². The molecule has 0 fully saturated rings. The van der Waals surface area contributed by atoms with Crippen molar-refractivity contribution < 1.29 is 0 Å². The lowest BCUT2D eigenvalue weighted by molar-refractivity contribution is 0.737. The van der Waals surface area contributed by atoms with Crippen LogP contribution in [0.3, 0.4) is 0 Å². The van der Waals surface area contributed by atoms with Gasteiger partial charge in [-0.05, 0) is 49.1 Å². The number of hydrogen-bond acceptors (Lipinski definition) is 6. The Morgan fingerprint density at radius 1 is 1.15 bits per heavy atom. The predicted molar refractivity (Wildman–Crippen MR) is 103 cm³/mol. The minimum absolute atomic E-state index is 0.360. The van der Waals surface area contributed by atoms with E-state index >= 15 is 0 Å². The lowest BCUT2D eigenvalue weighted by Gasteiger charge is -2.24. The number of likely N-dealkylation sites (N-methyl/N-ethyl adjacent to an activating group) is 1. The van der Waals surface area contributed by atoms with Gasteiger partial charge < -0.3 is 9.80 Å². The SMILES string of the molecule is CC1Cc2ccccc2N1c1cnnc(N(C)CCc2ccncc2)n1. The van der Waals surface area contributed by atoms with E-state index in [4.69, 9.17) is 4.98 Å². The molecule has 0 spiro atoms. The zero-order chi connectivity index (χ0) is 17.9. The monoisotopic (exact) mass is 346 g/mol. The summed E-state index contributed by atoms with van der Waals surface area (Å²) in [6.07, 6.45) is 7.32. The van der Waals surface area contributed by atoms with Gasteiger partial charge in [0.25, 0.3) is 0 Å². The summed E-state index contributed by atoms with van der Waals surface area (Å²) in [5.41, 5.74) is 3.81. The van der Waals surface area contributed by atoms with E-state index < -0.39 is 0 Å². The number of fused-ring (bicyclic) bond motifs is 1. The summed E-state index contributed by atoms with van der Waals surface area (Å²) < 4.78 is 0. The maximum Gasteiger partial charge on any atom is 0.247 e. The van der Waals surface area contributed by atoms with Gasteiger partial charge in [0.2, 0.25) is 5.95 Å². The smallest absolute Gasteiger partial charge is 0.247 e. The van der Waals surface area contributed by atoms with Crippen LogP contribution in [0.1, 0.15) is 18.1 Å². The van der Waals surface area contributed by atoms with Gasteiger partial charge in [-0.2, -0.15) is 10.1 Å². The Morgan fingerprint density at radius 3 is 2.81 bits per heavy atom. The van der Waals surface area contributed by atoms with E-state index in [1.54, 1.807) is 6.20 Å². The highest BCUT2D eigenvalue weighted by molar-refractivity contribution is 5.68. The molecule has 4 rings (SSSR count). The minimum Gasteiger partial charge on any atom is -0.342 e. The number of nitrogens with zero attached hydrogens (tertiary/aromatic N) is 6. The molecule has 1 aliphatic heterocycles. The molecule has 0 saturated heterocycles. The van der Waals surface area contributed by atoms with Crippen molar-refractivity contribution in [2.24, 2.45) is 0 Å². The van der Waals surface area contributed by atoms with Crippen LogP contribution < -0.4 is 9.80 Å². The van der Waals surface area contributed by atoms with Gasteiger partial charge in [-0.15, -0.1) is 5.10 Å². The summed E-state index contributed by atoms with van der Waals surface area (Å²) >= 11 is 0. The first-order valence-electron chi connectivity index (χ1n) is 8.89. The summed E-state index contributed by atoms with van der Waals surface area (Å²) in [6, 6.07) is 12.9. The molecular formula is C20H22N6. The summed E-state index contributed by atoms with van der Waals surface area (Å²) in [4.78, 5) is 13.1. The number of para-hydroxylation sites is 1. The third kappa shape index (κ3) is 3.22. The first-order chi connectivity index (χ1) is 12.7. The third-order valence-electron chi connectivity index (χ3n) is 4.82. The van der Waals surface area contributed by atoms with Gasteiger partial charge in [-0.3, -0.25) is 4.98 Å². The molecule has 2 aromatic heterocycles. The van der Waals surface area contributed by atoms with Gasteiger partial charge in [0.1, 0.15) is 0 Å². The molecule has 3 aromatic rings. The molecule has 0 saturated carbocycles. The molecule has 0 N–H and O–H groups in total. The van der Waals surface area contributed by atoms with E-state index in [0.29, 0.717) is 12.0 Å². The van der Waals surface area contributed by atoms with Crippen LogP contribution >= 0.6 is 0 Å².